The number of hydrogen-bond donors (Lipinski definition) is 3. The van der Waals surface area contributed by atoms with Gasteiger partial charge in [-0.25, -0.2) is 4.98 Å². The summed E-state index contributed by atoms with van der Waals surface area (Å²) in [5, 5.41) is 2.93. The molecule has 0 saturated carbocycles. The van der Waals surface area contributed by atoms with Crippen LogP contribution in [0.1, 0.15) is 6.29 Å². The smallest absolute Gasteiger partial charge is 0.226 e. The Kier molecular flexibility index (Phi) is 2.43. The van der Waals surface area contributed by atoms with Crippen LogP contribution < -0.4 is 16.8 Å². The first-order valence-corrected chi connectivity index (χ1v) is 4.59. The van der Waals surface area contributed by atoms with Crippen molar-refractivity contribution in [2.75, 3.05) is 12.8 Å². The summed E-state index contributed by atoms with van der Waals surface area (Å²) in [6.07, 6.45) is 1.10. The molecule has 0 aliphatic rings. The lowest BCUT2D eigenvalue weighted by Crippen LogP contribution is -2.30. The van der Waals surface area contributed by atoms with Crippen LogP contribution in [0.15, 0.2) is 6.33 Å². The van der Waals surface area contributed by atoms with Crippen molar-refractivity contribution < 1.29 is 0 Å². The van der Waals surface area contributed by atoms with E-state index in [0.29, 0.717) is 11.2 Å². The number of hydrogen-bond acceptors (Lipinski definition) is 6. The lowest BCUT2D eigenvalue weighted by molar-refractivity contribution is 0.462. The Labute approximate surface area is 90.5 Å². The molecule has 8 heteroatoms. The Morgan fingerprint density at radius 3 is 2.93 bits per heavy atom. The summed E-state index contributed by atoms with van der Waals surface area (Å²) in [6.45, 7) is 0. The standard InChI is InChI=1S/C7H10ClN7/c1-11-7(10)15-2-12-3-4(9)13-6(8)14-5(3)15/h2,7,11H,10H2,1H3,(H2,9,13,14). The second-order valence-electron chi connectivity index (χ2n) is 2.94. The largest absolute Gasteiger partial charge is 0.382 e. The van der Waals surface area contributed by atoms with Gasteiger partial charge in [0.25, 0.3) is 0 Å². The van der Waals surface area contributed by atoms with Crippen molar-refractivity contribution in [3.63, 3.8) is 0 Å². The lowest BCUT2D eigenvalue weighted by atomic mass is 10.5. The van der Waals surface area contributed by atoms with Crippen LogP contribution in [0, 0.1) is 0 Å². The van der Waals surface area contributed by atoms with Crippen LogP contribution in [0.2, 0.25) is 5.28 Å². The molecule has 2 aromatic heterocycles. The Morgan fingerprint density at radius 2 is 2.27 bits per heavy atom. The van der Waals surface area contributed by atoms with Gasteiger partial charge in [-0.2, -0.15) is 9.97 Å². The Balaban J connectivity index is 2.68. The Bertz CT molecular complexity index is 493. The molecule has 0 bridgehead atoms. The van der Waals surface area contributed by atoms with Gasteiger partial charge in [-0.05, 0) is 18.6 Å². The highest BCUT2D eigenvalue weighted by Crippen LogP contribution is 2.18. The van der Waals surface area contributed by atoms with Gasteiger partial charge in [-0.15, -0.1) is 0 Å². The van der Waals surface area contributed by atoms with Gasteiger partial charge in [-0.1, -0.05) is 0 Å². The summed E-state index contributed by atoms with van der Waals surface area (Å²) in [5.41, 5.74) is 12.4. The zero-order chi connectivity index (χ0) is 11.0. The molecule has 0 spiro atoms. The third-order valence-electron chi connectivity index (χ3n) is 2.02. The van der Waals surface area contributed by atoms with Gasteiger partial charge >= 0.3 is 0 Å². The molecular formula is C7H10ClN7. The van der Waals surface area contributed by atoms with Gasteiger partial charge in [0.2, 0.25) is 5.28 Å². The van der Waals surface area contributed by atoms with E-state index in [9.17, 15) is 0 Å². The number of nitrogens with two attached hydrogens (primary N) is 2. The lowest BCUT2D eigenvalue weighted by Gasteiger charge is -2.11. The third-order valence-corrected chi connectivity index (χ3v) is 2.19. The van der Waals surface area contributed by atoms with E-state index in [-0.39, 0.29) is 11.1 Å². The maximum atomic E-state index is 5.77. The van der Waals surface area contributed by atoms with Crippen molar-refractivity contribution in [2.45, 2.75) is 6.29 Å². The second-order valence-corrected chi connectivity index (χ2v) is 3.27. The van der Waals surface area contributed by atoms with Gasteiger partial charge in [-0.3, -0.25) is 15.6 Å². The van der Waals surface area contributed by atoms with Gasteiger partial charge in [0.15, 0.2) is 11.5 Å². The number of rotatable bonds is 2. The Hall–Kier alpha value is -1.44. The normalized spacial score (nSPS) is 13.3. The van der Waals surface area contributed by atoms with Crippen molar-refractivity contribution in [2.24, 2.45) is 5.73 Å². The number of imidazole rings is 1. The molecule has 0 aliphatic heterocycles. The molecule has 7 nitrogen and oxygen atoms in total. The predicted octanol–water partition coefficient (Wildman–Crippen LogP) is -0.304. The van der Waals surface area contributed by atoms with Crippen molar-refractivity contribution in [3.8, 4) is 0 Å². The molecule has 5 N–H and O–H groups in total. The van der Waals surface area contributed by atoms with E-state index in [1.165, 1.54) is 6.33 Å². The van der Waals surface area contributed by atoms with E-state index in [1.54, 1.807) is 11.6 Å². The molecule has 1 atom stereocenters. The van der Waals surface area contributed by atoms with E-state index >= 15 is 0 Å². The molecule has 2 heterocycles. The van der Waals surface area contributed by atoms with Gasteiger partial charge in [0.05, 0.1) is 6.33 Å². The third kappa shape index (κ3) is 1.60. The molecule has 2 rings (SSSR count). The van der Waals surface area contributed by atoms with Crippen molar-refractivity contribution in [1.82, 2.24) is 24.8 Å². The van der Waals surface area contributed by atoms with Crippen LogP contribution in [0.25, 0.3) is 11.2 Å². The fourth-order valence-electron chi connectivity index (χ4n) is 1.25. The number of nitrogens with zero attached hydrogens (tertiary/aromatic N) is 4. The van der Waals surface area contributed by atoms with Crippen molar-refractivity contribution >= 4 is 28.6 Å². The number of halogens is 1. The van der Waals surface area contributed by atoms with Crippen LogP contribution in [-0.2, 0) is 0 Å². The molecule has 2 aromatic rings. The number of fused-ring (bicyclic) bond motifs is 1. The molecule has 0 aromatic carbocycles. The monoisotopic (exact) mass is 227 g/mol. The van der Waals surface area contributed by atoms with E-state index in [0.717, 1.165) is 0 Å². The molecule has 0 amide bonds. The van der Waals surface area contributed by atoms with Gasteiger partial charge < -0.3 is 5.73 Å². The highest BCUT2D eigenvalue weighted by molar-refractivity contribution is 6.28. The molecule has 0 aliphatic carbocycles. The first-order chi connectivity index (χ1) is 7.13. The van der Waals surface area contributed by atoms with Crippen LogP contribution in [0.5, 0.6) is 0 Å². The van der Waals surface area contributed by atoms with Gasteiger partial charge in [0, 0.05) is 0 Å². The average molecular weight is 228 g/mol. The van der Waals surface area contributed by atoms with Crippen LogP contribution in [0.3, 0.4) is 0 Å². The summed E-state index contributed by atoms with van der Waals surface area (Å²) in [5.74, 6) is 0.243. The van der Waals surface area contributed by atoms with Crippen molar-refractivity contribution in [1.29, 1.82) is 0 Å². The first-order valence-electron chi connectivity index (χ1n) is 4.22. The highest BCUT2D eigenvalue weighted by Gasteiger charge is 2.13. The maximum absolute atomic E-state index is 5.77. The highest BCUT2D eigenvalue weighted by atomic mass is 35.5. The summed E-state index contributed by atoms with van der Waals surface area (Å²) < 4.78 is 1.62. The summed E-state index contributed by atoms with van der Waals surface area (Å²) in [4.78, 5) is 11.9. The summed E-state index contributed by atoms with van der Waals surface area (Å²) in [7, 11) is 1.72. The number of anilines is 1. The van der Waals surface area contributed by atoms with Crippen LogP contribution in [0.4, 0.5) is 5.82 Å². The van der Waals surface area contributed by atoms with E-state index in [2.05, 4.69) is 20.3 Å². The second kappa shape index (κ2) is 3.61. The zero-order valence-electron chi connectivity index (χ0n) is 7.98. The fourth-order valence-corrected chi connectivity index (χ4v) is 1.42. The molecule has 0 fully saturated rings. The maximum Gasteiger partial charge on any atom is 0.226 e. The van der Waals surface area contributed by atoms with Crippen LogP contribution >= 0.6 is 11.6 Å². The Morgan fingerprint density at radius 1 is 1.53 bits per heavy atom. The van der Waals surface area contributed by atoms with Gasteiger partial charge in [0.1, 0.15) is 11.8 Å². The average Bonchev–Trinajstić information content (AvgIpc) is 2.60. The minimum atomic E-state index is -0.430. The van der Waals surface area contributed by atoms with Crippen LogP contribution in [-0.4, -0.2) is 26.6 Å². The summed E-state index contributed by atoms with van der Waals surface area (Å²) >= 11 is 5.70. The molecular weight excluding hydrogens is 218 g/mol. The molecule has 15 heavy (non-hydrogen) atoms. The fraction of sp³-hybridized carbons (Fsp3) is 0.286. The minimum absolute atomic E-state index is 0.0741. The first kappa shape index (κ1) is 10.1. The number of nitrogens with one attached hydrogen (secondary N) is 1. The SMILES string of the molecule is CNC(N)n1cnc2c(N)nc(Cl)nc21. The molecule has 0 radical (unpaired) electrons. The van der Waals surface area contributed by atoms with E-state index < -0.39 is 6.29 Å². The molecule has 0 saturated heterocycles. The molecule has 1 unspecified atom stereocenters. The van der Waals surface area contributed by atoms with E-state index in [1.807, 2.05) is 0 Å². The zero-order valence-corrected chi connectivity index (χ0v) is 8.73. The summed E-state index contributed by atoms with van der Waals surface area (Å²) in [6, 6.07) is 0. The quantitative estimate of drug-likeness (QED) is 0.480. The number of aromatic nitrogens is 4. The topological polar surface area (TPSA) is 108 Å². The van der Waals surface area contributed by atoms with Crippen molar-refractivity contribution in [3.05, 3.63) is 11.6 Å². The predicted molar refractivity (Wildman–Crippen MR) is 57.0 cm³/mol. The molecule has 80 valence electrons. The van der Waals surface area contributed by atoms with E-state index in [4.69, 9.17) is 23.1 Å². The number of nitrogen functional groups attached to an aromatic ring is 1. The minimum Gasteiger partial charge on any atom is -0.382 e.